The van der Waals surface area contributed by atoms with E-state index in [0.29, 0.717) is 0 Å². The van der Waals surface area contributed by atoms with E-state index in [-0.39, 0.29) is 0 Å². The van der Waals surface area contributed by atoms with Gasteiger partial charge in [-0.1, -0.05) is 24.3 Å². The first-order valence-electron chi connectivity index (χ1n) is 5.65. The third kappa shape index (κ3) is 1.12. The van der Waals surface area contributed by atoms with Crippen molar-refractivity contribution in [1.29, 1.82) is 0 Å². The Kier molecular flexibility index (Phi) is 1.84. The molecule has 0 spiro atoms. The number of hydrogen-bond donors (Lipinski definition) is 1. The number of benzene rings is 2. The summed E-state index contributed by atoms with van der Waals surface area (Å²) in [6.07, 6.45) is 1.03. The maximum Gasteiger partial charge on any atom is 0.0399 e. The maximum absolute atomic E-state index is 6.16. The average Bonchev–Trinajstić information content (AvgIpc) is 2.65. The molecule has 2 aromatic carbocycles. The highest BCUT2D eigenvalue weighted by Crippen LogP contribution is 2.42. The fourth-order valence-electron chi connectivity index (χ4n) is 2.66. The average molecular weight is 209 g/mol. The van der Waals surface area contributed by atoms with Gasteiger partial charge in [0.05, 0.1) is 0 Å². The van der Waals surface area contributed by atoms with Gasteiger partial charge in [-0.05, 0) is 54.2 Å². The Bertz CT molecular complexity index is 582. The van der Waals surface area contributed by atoms with Crippen molar-refractivity contribution >= 4 is 5.69 Å². The first-order valence-corrected chi connectivity index (χ1v) is 5.65. The van der Waals surface area contributed by atoms with Crippen molar-refractivity contribution in [3.05, 3.63) is 52.6 Å². The summed E-state index contributed by atoms with van der Waals surface area (Å²) in [5.41, 5.74) is 15.2. The Morgan fingerprint density at radius 1 is 1.12 bits per heavy atom. The summed E-state index contributed by atoms with van der Waals surface area (Å²) in [5.74, 6) is 0. The minimum absolute atomic E-state index is 0.919. The predicted octanol–water partition coefficient (Wildman–Crippen LogP) is 3.46. The molecular weight excluding hydrogens is 194 g/mol. The Morgan fingerprint density at radius 2 is 1.88 bits per heavy atom. The quantitative estimate of drug-likeness (QED) is 0.564. The largest absolute Gasteiger partial charge is 0.398 e. The zero-order valence-corrected chi connectivity index (χ0v) is 9.67. The summed E-state index contributed by atoms with van der Waals surface area (Å²) >= 11 is 0. The van der Waals surface area contributed by atoms with E-state index in [2.05, 4.69) is 44.2 Å². The van der Waals surface area contributed by atoms with E-state index < -0.39 is 0 Å². The molecule has 1 aliphatic rings. The van der Waals surface area contributed by atoms with Gasteiger partial charge in [-0.3, -0.25) is 0 Å². The Balaban J connectivity index is 2.37. The topological polar surface area (TPSA) is 26.0 Å². The Morgan fingerprint density at radius 3 is 2.69 bits per heavy atom. The van der Waals surface area contributed by atoms with Crippen LogP contribution in [0, 0.1) is 13.8 Å². The van der Waals surface area contributed by atoms with Gasteiger partial charge in [0.2, 0.25) is 0 Å². The van der Waals surface area contributed by atoms with E-state index in [1.807, 2.05) is 0 Å². The number of aryl methyl sites for hydroxylation is 1. The molecule has 0 heterocycles. The van der Waals surface area contributed by atoms with Crippen molar-refractivity contribution in [2.75, 3.05) is 5.73 Å². The van der Waals surface area contributed by atoms with Crippen LogP contribution in [-0.2, 0) is 6.42 Å². The second-order valence-electron chi connectivity index (χ2n) is 4.60. The van der Waals surface area contributed by atoms with E-state index in [1.165, 1.54) is 33.4 Å². The summed E-state index contributed by atoms with van der Waals surface area (Å²) in [6, 6.07) is 10.7. The minimum atomic E-state index is 0.919. The molecule has 3 rings (SSSR count). The van der Waals surface area contributed by atoms with Crippen LogP contribution in [0.4, 0.5) is 5.69 Å². The lowest BCUT2D eigenvalue weighted by Gasteiger charge is -2.11. The van der Waals surface area contributed by atoms with Crippen LogP contribution in [0.25, 0.3) is 11.1 Å². The molecule has 0 aliphatic heterocycles. The fourth-order valence-corrected chi connectivity index (χ4v) is 2.66. The molecule has 0 radical (unpaired) electrons. The van der Waals surface area contributed by atoms with Gasteiger partial charge in [-0.25, -0.2) is 0 Å². The van der Waals surface area contributed by atoms with Gasteiger partial charge in [-0.2, -0.15) is 0 Å². The second kappa shape index (κ2) is 3.11. The molecule has 0 saturated carbocycles. The summed E-state index contributed by atoms with van der Waals surface area (Å²) < 4.78 is 0. The molecule has 1 aliphatic carbocycles. The lowest BCUT2D eigenvalue weighted by Crippen LogP contribution is -1.96. The van der Waals surface area contributed by atoms with E-state index in [0.717, 1.165) is 12.1 Å². The van der Waals surface area contributed by atoms with Crippen LogP contribution >= 0.6 is 0 Å². The van der Waals surface area contributed by atoms with Crippen LogP contribution in [0.3, 0.4) is 0 Å². The van der Waals surface area contributed by atoms with Crippen molar-refractivity contribution in [3.8, 4) is 11.1 Å². The standard InChI is InChI=1S/C15H15N/c1-9-7-14(16)15-12-6-4-3-5-11(12)8-13(15)10(9)2/h3-7H,8,16H2,1-2H3. The predicted molar refractivity (Wildman–Crippen MR) is 68.6 cm³/mol. The summed E-state index contributed by atoms with van der Waals surface area (Å²) in [6.45, 7) is 4.33. The van der Waals surface area contributed by atoms with Gasteiger partial charge in [0.1, 0.15) is 0 Å². The van der Waals surface area contributed by atoms with E-state index in [4.69, 9.17) is 5.73 Å². The normalized spacial score (nSPS) is 12.4. The Labute approximate surface area is 95.9 Å². The summed E-state index contributed by atoms with van der Waals surface area (Å²) in [7, 11) is 0. The molecule has 0 atom stereocenters. The smallest absolute Gasteiger partial charge is 0.0399 e. The first-order chi connectivity index (χ1) is 7.68. The molecule has 0 amide bonds. The molecule has 0 fully saturated rings. The molecule has 2 N–H and O–H groups in total. The van der Waals surface area contributed by atoms with Gasteiger partial charge in [0.15, 0.2) is 0 Å². The van der Waals surface area contributed by atoms with Crippen LogP contribution in [0.1, 0.15) is 22.3 Å². The van der Waals surface area contributed by atoms with Gasteiger partial charge in [0.25, 0.3) is 0 Å². The number of nitrogens with two attached hydrogens (primary N) is 1. The summed E-state index contributed by atoms with van der Waals surface area (Å²) in [5, 5.41) is 0. The molecule has 1 nitrogen and oxygen atoms in total. The zero-order chi connectivity index (χ0) is 11.3. The van der Waals surface area contributed by atoms with Gasteiger partial charge in [-0.15, -0.1) is 0 Å². The highest BCUT2D eigenvalue weighted by Gasteiger charge is 2.22. The first kappa shape index (κ1) is 9.46. The van der Waals surface area contributed by atoms with Gasteiger partial charge < -0.3 is 5.73 Å². The minimum Gasteiger partial charge on any atom is -0.398 e. The molecule has 2 aromatic rings. The molecule has 16 heavy (non-hydrogen) atoms. The molecule has 0 unspecified atom stereocenters. The number of fused-ring (bicyclic) bond motifs is 3. The number of anilines is 1. The van der Waals surface area contributed by atoms with Crippen molar-refractivity contribution in [2.45, 2.75) is 20.3 Å². The number of nitrogen functional groups attached to an aromatic ring is 1. The van der Waals surface area contributed by atoms with E-state index in [9.17, 15) is 0 Å². The van der Waals surface area contributed by atoms with Gasteiger partial charge >= 0.3 is 0 Å². The maximum atomic E-state index is 6.16. The van der Waals surface area contributed by atoms with Crippen molar-refractivity contribution in [3.63, 3.8) is 0 Å². The number of hydrogen-bond acceptors (Lipinski definition) is 1. The third-order valence-corrected chi connectivity index (χ3v) is 3.66. The molecular formula is C15H15N. The zero-order valence-electron chi connectivity index (χ0n) is 9.67. The molecule has 1 heteroatoms. The summed E-state index contributed by atoms with van der Waals surface area (Å²) in [4.78, 5) is 0. The SMILES string of the molecule is Cc1cc(N)c2c(c1C)Cc1ccccc1-2. The van der Waals surface area contributed by atoms with E-state index >= 15 is 0 Å². The Hall–Kier alpha value is -1.76. The van der Waals surface area contributed by atoms with Crippen LogP contribution < -0.4 is 5.73 Å². The lowest BCUT2D eigenvalue weighted by molar-refractivity contribution is 1.19. The van der Waals surface area contributed by atoms with Crippen LogP contribution in [0.5, 0.6) is 0 Å². The number of rotatable bonds is 0. The molecule has 80 valence electrons. The van der Waals surface area contributed by atoms with Crippen molar-refractivity contribution in [2.24, 2.45) is 0 Å². The van der Waals surface area contributed by atoms with Crippen LogP contribution in [0.15, 0.2) is 30.3 Å². The molecule has 0 aromatic heterocycles. The van der Waals surface area contributed by atoms with Crippen LogP contribution in [-0.4, -0.2) is 0 Å². The van der Waals surface area contributed by atoms with Crippen molar-refractivity contribution < 1.29 is 0 Å². The van der Waals surface area contributed by atoms with Gasteiger partial charge in [0, 0.05) is 11.3 Å². The second-order valence-corrected chi connectivity index (χ2v) is 4.60. The fraction of sp³-hybridized carbons (Fsp3) is 0.200. The lowest BCUT2D eigenvalue weighted by atomic mass is 9.96. The highest BCUT2D eigenvalue weighted by atomic mass is 14.6. The van der Waals surface area contributed by atoms with E-state index in [1.54, 1.807) is 0 Å². The van der Waals surface area contributed by atoms with Crippen molar-refractivity contribution in [1.82, 2.24) is 0 Å². The third-order valence-electron chi connectivity index (χ3n) is 3.66. The monoisotopic (exact) mass is 209 g/mol. The highest BCUT2D eigenvalue weighted by molar-refractivity contribution is 5.87. The van der Waals surface area contributed by atoms with Crippen LogP contribution in [0.2, 0.25) is 0 Å². The molecule has 0 bridgehead atoms. The molecule has 0 saturated heterocycles.